The fraction of sp³-hybridized carbons (Fsp3) is 0.333. The zero-order valence-electron chi connectivity index (χ0n) is 12.4. The first-order valence-corrected chi connectivity index (χ1v) is 7.29. The van der Waals surface area contributed by atoms with E-state index in [4.69, 9.17) is 0 Å². The monoisotopic (exact) mass is 268 g/mol. The minimum Gasteiger partial charge on any atom is -0.252 e. The molecule has 0 saturated heterocycles. The second-order valence-corrected chi connectivity index (χ2v) is 5.38. The van der Waals surface area contributed by atoms with Crippen molar-refractivity contribution in [2.24, 2.45) is 0 Å². The Kier molecular flexibility index (Phi) is 5.78. The summed E-state index contributed by atoms with van der Waals surface area (Å²) in [7, 11) is 2.12. The lowest BCUT2D eigenvalue weighted by Gasteiger charge is -2.23. The predicted molar refractivity (Wildman–Crippen MR) is 85.5 cm³/mol. The highest BCUT2D eigenvalue weighted by Gasteiger charge is 2.06. The number of rotatable bonds is 7. The number of hydrogen-bond donors (Lipinski definition) is 1. The first-order chi connectivity index (χ1) is 9.74. The maximum atomic E-state index is 3.53. The van der Waals surface area contributed by atoms with Gasteiger partial charge in [-0.05, 0) is 30.9 Å². The van der Waals surface area contributed by atoms with Gasteiger partial charge >= 0.3 is 0 Å². The number of hydrogen-bond acceptors (Lipinski definition) is 2. The van der Waals surface area contributed by atoms with Gasteiger partial charge in [-0.25, -0.2) is 5.01 Å². The Morgan fingerprint density at radius 2 is 1.45 bits per heavy atom. The summed E-state index contributed by atoms with van der Waals surface area (Å²) in [6.45, 7) is 3.25. The number of benzene rings is 2. The lowest BCUT2D eigenvalue weighted by Crippen LogP contribution is -2.42. The molecule has 1 N–H and O–H groups in total. The molecule has 0 radical (unpaired) electrons. The van der Waals surface area contributed by atoms with Crippen LogP contribution in [0.5, 0.6) is 0 Å². The lowest BCUT2D eigenvalue weighted by molar-refractivity contribution is 0.205. The maximum absolute atomic E-state index is 3.53. The summed E-state index contributed by atoms with van der Waals surface area (Å²) in [5.41, 5.74) is 6.30. The van der Waals surface area contributed by atoms with Crippen molar-refractivity contribution < 1.29 is 0 Å². The molecule has 2 heteroatoms. The van der Waals surface area contributed by atoms with E-state index in [9.17, 15) is 0 Å². The van der Waals surface area contributed by atoms with Crippen LogP contribution in [-0.4, -0.2) is 24.6 Å². The Bertz CT molecular complexity index is 481. The van der Waals surface area contributed by atoms with Crippen LogP contribution >= 0.6 is 0 Å². The van der Waals surface area contributed by atoms with E-state index in [0.29, 0.717) is 6.04 Å². The molecule has 0 spiro atoms. The summed E-state index contributed by atoms with van der Waals surface area (Å²) in [6.07, 6.45) is 2.12. The number of nitrogens with one attached hydrogen (secondary N) is 1. The van der Waals surface area contributed by atoms with Gasteiger partial charge in [0.2, 0.25) is 0 Å². The van der Waals surface area contributed by atoms with Gasteiger partial charge in [0.15, 0.2) is 0 Å². The van der Waals surface area contributed by atoms with Crippen LogP contribution in [0.15, 0.2) is 60.7 Å². The topological polar surface area (TPSA) is 15.3 Å². The second kappa shape index (κ2) is 7.83. The van der Waals surface area contributed by atoms with E-state index in [0.717, 1.165) is 19.4 Å². The van der Waals surface area contributed by atoms with Crippen LogP contribution in [0.4, 0.5) is 0 Å². The quantitative estimate of drug-likeness (QED) is 0.775. The van der Waals surface area contributed by atoms with Crippen molar-refractivity contribution in [2.75, 3.05) is 13.6 Å². The van der Waals surface area contributed by atoms with Gasteiger partial charge < -0.3 is 0 Å². The summed E-state index contributed by atoms with van der Waals surface area (Å²) >= 11 is 0. The Morgan fingerprint density at radius 1 is 0.900 bits per heavy atom. The second-order valence-electron chi connectivity index (χ2n) is 5.38. The minimum atomic E-state index is 0.443. The molecule has 0 aromatic heterocycles. The number of likely N-dealkylation sites (N-methyl/N-ethyl adjacent to an activating group) is 1. The number of hydrazine groups is 1. The van der Waals surface area contributed by atoms with Gasteiger partial charge in [0.25, 0.3) is 0 Å². The van der Waals surface area contributed by atoms with Gasteiger partial charge in [-0.15, -0.1) is 0 Å². The summed E-state index contributed by atoms with van der Waals surface area (Å²) in [6, 6.07) is 21.7. The molecule has 0 aliphatic carbocycles. The third kappa shape index (κ3) is 5.16. The van der Waals surface area contributed by atoms with Crippen molar-refractivity contribution >= 4 is 0 Å². The molecule has 0 bridgehead atoms. The Labute approximate surface area is 122 Å². The van der Waals surface area contributed by atoms with Crippen molar-refractivity contribution in [3.63, 3.8) is 0 Å². The summed E-state index contributed by atoms with van der Waals surface area (Å²) in [4.78, 5) is 0. The molecule has 0 heterocycles. The van der Waals surface area contributed by atoms with E-state index in [1.807, 2.05) is 0 Å². The minimum absolute atomic E-state index is 0.443. The average molecular weight is 268 g/mol. The number of nitrogens with zero attached hydrogens (tertiary/aromatic N) is 1. The molecule has 0 saturated carbocycles. The van der Waals surface area contributed by atoms with Crippen molar-refractivity contribution in [1.82, 2.24) is 10.4 Å². The van der Waals surface area contributed by atoms with E-state index in [1.54, 1.807) is 0 Å². The highest BCUT2D eigenvalue weighted by molar-refractivity contribution is 5.16. The van der Waals surface area contributed by atoms with Crippen LogP contribution in [0.1, 0.15) is 18.1 Å². The predicted octanol–water partition coefficient (Wildman–Crippen LogP) is 3.30. The summed E-state index contributed by atoms with van der Waals surface area (Å²) in [5, 5.41) is 2.20. The molecular weight excluding hydrogens is 244 g/mol. The standard InChI is InChI=1S/C18H24N2/c1-16(15-18-11-7-4-8-12-18)19-20(2)14-13-17-9-5-3-6-10-17/h3-12,16,19H,13-15H2,1-2H3/t16-/m1/s1. The molecular formula is C18H24N2. The SMILES string of the molecule is C[C@H](Cc1ccccc1)NN(C)CCc1ccccc1. The maximum Gasteiger partial charge on any atom is 0.0227 e. The van der Waals surface area contributed by atoms with E-state index in [1.165, 1.54) is 11.1 Å². The zero-order valence-corrected chi connectivity index (χ0v) is 12.4. The van der Waals surface area contributed by atoms with Crippen LogP contribution in [0.3, 0.4) is 0 Å². The van der Waals surface area contributed by atoms with Gasteiger partial charge in [0.05, 0.1) is 0 Å². The molecule has 2 aromatic rings. The molecule has 0 aliphatic rings. The smallest absolute Gasteiger partial charge is 0.0227 e. The molecule has 0 amide bonds. The van der Waals surface area contributed by atoms with Gasteiger partial charge in [-0.3, -0.25) is 5.43 Å². The van der Waals surface area contributed by atoms with Crippen LogP contribution in [-0.2, 0) is 12.8 Å². The van der Waals surface area contributed by atoms with Crippen molar-refractivity contribution in [1.29, 1.82) is 0 Å². The van der Waals surface area contributed by atoms with Crippen molar-refractivity contribution in [3.05, 3.63) is 71.8 Å². The van der Waals surface area contributed by atoms with Crippen LogP contribution in [0, 0.1) is 0 Å². The molecule has 0 aliphatic heterocycles. The zero-order chi connectivity index (χ0) is 14.2. The van der Waals surface area contributed by atoms with Crippen LogP contribution < -0.4 is 5.43 Å². The van der Waals surface area contributed by atoms with Crippen LogP contribution in [0.25, 0.3) is 0 Å². The third-order valence-electron chi connectivity index (χ3n) is 3.40. The molecule has 1 atom stereocenters. The normalized spacial score (nSPS) is 12.6. The van der Waals surface area contributed by atoms with E-state index in [-0.39, 0.29) is 0 Å². The van der Waals surface area contributed by atoms with E-state index in [2.05, 4.69) is 85.1 Å². The van der Waals surface area contributed by atoms with Gasteiger partial charge in [0.1, 0.15) is 0 Å². The van der Waals surface area contributed by atoms with Gasteiger partial charge in [-0.2, -0.15) is 0 Å². The van der Waals surface area contributed by atoms with Crippen LogP contribution in [0.2, 0.25) is 0 Å². The van der Waals surface area contributed by atoms with Gasteiger partial charge in [-0.1, -0.05) is 60.7 Å². The highest BCUT2D eigenvalue weighted by atomic mass is 15.5. The fourth-order valence-corrected chi connectivity index (χ4v) is 2.40. The molecule has 2 nitrogen and oxygen atoms in total. The van der Waals surface area contributed by atoms with E-state index < -0.39 is 0 Å². The highest BCUT2D eigenvalue weighted by Crippen LogP contribution is 2.04. The molecule has 106 valence electrons. The molecule has 2 aromatic carbocycles. The van der Waals surface area contributed by atoms with E-state index >= 15 is 0 Å². The van der Waals surface area contributed by atoms with Crippen molar-refractivity contribution in [3.8, 4) is 0 Å². The molecule has 20 heavy (non-hydrogen) atoms. The first-order valence-electron chi connectivity index (χ1n) is 7.29. The Morgan fingerprint density at radius 3 is 2.05 bits per heavy atom. The summed E-state index contributed by atoms with van der Waals surface area (Å²) < 4.78 is 0. The van der Waals surface area contributed by atoms with Gasteiger partial charge in [0, 0.05) is 19.6 Å². The molecule has 2 rings (SSSR count). The first kappa shape index (κ1) is 14.8. The third-order valence-corrected chi connectivity index (χ3v) is 3.40. The van der Waals surface area contributed by atoms with Crippen molar-refractivity contribution in [2.45, 2.75) is 25.8 Å². The largest absolute Gasteiger partial charge is 0.252 e. The Balaban J connectivity index is 1.72. The fourth-order valence-electron chi connectivity index (χ4n) is 2.40. The lowest BCUT2D eigenvalue weighted by atomic mass is 10.1. The summed E-state index contributed by atoms with van der Waals surface area (Å²) in [5.74, 6) is 0. The Hall–Kier alpha value is -1.64. The molecule has 0 unspecified atom stereocenters. The average Bonchev–Trinajstić information content (AvgIpc) is 2.47. The molecule has 0 fully saturated rings.